The largest absolute Gasteiger partial charge is 0.503 e. The van der Waals surface area contributed by atoms with Crippen LogP contribution in [-0.4, -0.2) is 29.4 Å². The molecule has 0 aromatic heterocycles. The van der Waals surface area contributed by atoms with Gasteiger partial charge in [0.25, 0.3) is 0 Å². The first-order valence-electron chi connectivity index (χ1n) is 5.71. The number of hydrogen-bond acceptors (Lipinski definition) is 3. The Morgan fingerprint density at radius 2 is 1.40 bits per heavy atom. The van der Waals surface area contributed by atoms with Crippen molar-refractivity contribution in [1.29, 1.82) is 0 Å². The van der Waals surface area contributed by atoms with Crippen LogP contribution in [0, 0.1) is 0 Å². The fourth-order valence-corrected chi connectivity index (χ4v) is 1.64. The molecule has 0 fully saturated rings. The van der Waals surface area contributed by atoms with Gasteiger partial charge in [-0.3, -0.25) is 0 Å². The Morgan fingerprint density at radius 3 is 1.95 bits per heavy atom. The second-order valence-electron chi connectivity index (χ2n) is 3.69. The van der Waals surface area contributed by atoms with E-state index in [0.717, 1.165) is 11.1 Å². The number of esters is 1. The van der Waals surface area contributed by atoms with Gasteiger partial charge in [0.1, 0.15) is 0 Å². The summed E-state index contributed by atoms with van der Waals surface area (Å²) < 4.78 is 4.76. The van der Waals surface area contributed by atoms with Gasteiger partial charge in [-0.15, -0.1) is 0 Å². The van der Waals surface area contributed by atoms with E-state index < -0.39 is 6.16 Å². The molecule has 0 atom stereocenters. The van der Waals surface area contributed by atoms with Crippen LogP contribution < -0.4 is 0 Å². The molecule has 20 heavy (non-hydrogen) atoms. The Labute approximate surface area is 116 Å². The van der Waals surface area contributed by atoms with Crippen molar-refractivity contribution in [3.05, 3.63) is 60.2 Å². The van der Waals surface area contributed by atoms with Gasteiger partial charge in [-0.2, -0.15) is 0 Å². The zero-order valence-electron chi connectivity index (χ0n) is 10.8. The van der Waals surface area contributed by atoms with Gasteiger partial charge in [-0.05, 0) is 17.2 Å². The van der Waals surface area contributed by atoms with Crippen molar-refractivity contribution in [2.45, 2.75) is 0 Å². The Hall–Kier alpha value is -2.82. The maximum Gasteiger partial charge on any atom is 0.503 e. The van der Waals surface area contributed by atoms with Crippen molar-refractivity contribution in [1.82, 2.24) is 0 Å². The van der Waals surface area contributed by atoms with Crippen molar-refractivity contribution < 1.29 is 24.5 Å². The first-order chi connectivity index (χ1) is 9.56. The molecule has 0 radical (unpaired) electrons. The summed E-state index contributed by atoms with van der Waals surface area (Å²) in [6.07, 6.45) is -1.83. The molecule has 0 aliphatic carbocycles. The minimum absolute atomic E-state index is 0.306. The average molecular weight is 274 g/mol. The van der Waals surface area contributed by atoms with Gasteiger partial charge >= 0.3 is 12.1 Å². The van der Waals surface area contributed by atoms with Crippen molar-refractivity contribution in [3.63, 3.8) is 0 Å². The summed E-state index contributed by atoms with van der Waals surface area (Å²) in [5.41, 5.74) is 2.51. The van der Waals surface area contributed by atoms with Crippen LogP contribution in [0.25, 0.3) is 11.1 Å². The average Bonchev–Trinajstić information content (AvgIpc) is 2.47. The van der Waals surface area contributed by atoms with Gasteiger partial charge in [-0.25, -0.2) is 9.59 Å². The van der Waals surface area contributed by atoms with E-state index in [1.807, 2.05) is 48.5 Å². The maximum atomic E-state index is 11.6. The molecule has 0 saturated carbocycles. The van der Waals surface area contributed by atoms with Crippen LogP contribution in [0.15, 0.2) is 54.6 Å². The predicted molar refractivity (Wildman–Crippen MR) is 73.9 cm³/mol. The smallest absolute Gasteiger partial charge is 0.465 e. The molecular formula is C15H14O5. The molecule has 2 rings (SSSR count). The molecule has 0 unspecified atom stereocenters. The van der Waals surface area contributed by atoms with Gasteiger partial charge < -0.3 is 14.9 Å². The van der Waals surface area contributed by atoms with E-state index in [2.05, 4.69) is 0 Å². The Bertz CT molecular complexity index is 574. The van der Waals surface area contributed by atoms with Crippen molar-refractivity contribution in [3.8, 4) is 11.1 Å². The van der Waals surface area contributed by atoms with Gasteiger partial charge in [0.15, 0.2) is 0 Å². The number of carbonyl (C=O) groups is 2. The van der Waals surface area contributed by atoms with E-state index in [1.165, 1.54) is 7.11 Å². The second kappa shape index (κ2) is 7.58. The minimum Gasteiger partial charge on any atom is -0.465 e. The number of ether oxygens (including phenoxy) is 1. The van der Waals surface area contributed by atoms with Gasteiger partial charge in [0.05, 0.1) is 12.7 Å². The molecule has 0 saturated heterocycles. The molecule has 2 aromatic carbocycles. The van der Waals surface area contributed by atoms with Gasteiger partial charge in [0, 0.05) is 0 Å². The molecule has 5 nitrogen and oxygen atoms in total. The summed E-state index contributed by atoms with van der Waals surface area (Å²) in [6.45, 7) is 0. The molecule has 2 aromatic rings. The summed E-state index contributed by atoms with van der Waals surface area (Å²) >= 11 is 0. The summed E-state index contributed by atoms with van der Waals surface area (Å²) in [5, 5.41) is 13.9. The number of benzene rings is 2. The Balaban J connectivity index is 0.000000444. The number of hydrogen-bond donors (Lipinski definition) is 2. The fourth-order valence-electron chi connectivity index (χ4n) is 1.64. The highest BCUT2D eigenvalue weighted by atomic mass is 16.6. The van der Waals surface area contributed by atoms with E-state index in [-0.39, 0.29) is 5.97 Å². The molecule has 0 amide bonds. The molecule has 2 N–H and O–H groups in total. The van der Waals surface area contributed by atoms with Crippen LogP contribution in [0.5, 0.6) is 0 Å². The minimum atomic E-state index is -1.83. The van der Waals surface area contributed by atoms with Crippen LogP contribution in [0.4, 0.5) is 4.79 Å². The Kier molecular flexibility index (Phi) is 5.77. The Morgan fingerprint density at radius 1 is 0.900 bits per heavy atom. The monoisotopic (exact) mass is 274 g/mol. The zero-order valence-corrected chi connectivity index (χ0v) is 10.8. The molecule has 0 heterocycles. The lowest BCUT2D eigenvalue weighted by atomic mass is 10.00. The van der Waals surface area contributed by atoms with E-state index in [9.17, 15) is 4.79 Å². The molecule has 5 heteroatoms. The van der Waals surface area contributed by atoms with Crippen LogP contribution in [0.2, 0.25) is 0 Å². The molecule has 104 valence electrons. The fraction of sp³-hybridized carbons (Fsp3) is 0.0667. The van der Waals surface area contributed by atoms with Crippen LogP contribution in [-0.2, 0) is 4.74 Å². The van der Waals surface area contributed by atoms with Gasteiger partial charge in [0.2, 0.25) is 0 Å². The number of methoxy groups -OCH3 is 1. The van der Waals surface area contributed by atoms with Gasteiger partial charge in [-0.1, -0.05) is 48.5 Å². The van der Waals surface area contributed by atoms with Crippen molar-refractivity contribution in [2.75, 3.05) is 7.11 Å². The third-order valence-corrected chi connectivity index (χ3v) is 2.42. The molecular weight excluding hydrogens is 260 g/mol. The van der Waals surface area contributed by atoms with Crippen LogP contribution in [0.3, 0.4) is 0 Å². The third kappa shape index (κ3) is 4.45. The van der Waals surface area contributed by atoms with E-state index in [1.54, 1.807) is 6.07 Å². The number of rotatable bonds is 2. The highest BCUT2D eigenvalue weighted by Crippen LogP contribution is 2.23. The molecule has 0 aliphatic heterocycles. The highest BCUT2D eigenvalue weighted by molar-refractivity contribution is 5.97. The predicted octanol–water partition coefficient (Wildman–Crippen LogP) is 3.36. The first kappa shape index (κ1) is 15.2. The summed E-state index contributed by atoms with van der Waals surface area (Å²) in [4.78, 5) is 20.1. The van der Waals surface area contributed by atoms with Crippen LogP contribution in [0.1, 0.15) is 10.4 Å². The normalized spacial score (nSPS) is 9.05. The van der Waals surface area contributed by atoms with E-state index in [0.29, 0.717) is 5.56 Å². The lowest BCUT2D eigenvalue weighted by Gasteiger charge is -2.07. The summed E-state index contributed by atoms with van der Waals surface area (Å²) in [6, 6.07) is 17.2. The topological polar surface area (TPSA) is 83.8 Å². The number of carbonyl (C=O) groups excluding carboxylic acids is 1. The molecule has 0 aliphatic rings. The lowest BCUT2D eigenvalue weighted by molar-refractivity contribution is 0.0601. The zero-order chi connectivity index (χ0) is 15.0. The van der Waals surface area contributed by atoms with E-state index in [4.69, 9.17) is 19.7 Å². The summed E-state index contributed by atoms with van der Waals surface area (Å²) in [7, 11) is 1.39. The molecule has 0 spiro atoms. The maximum absolute atomic E-state index is 11.6. The lowest BCUT2D eigenvalue weighted by Crippen LogP contribution is -2.03. The van der Waals surface area contributed by atoms with Crippen molar-refractivity contribution in [2.24, 2.45) is 0 Å². The summed E-state index contributed by atoms with van der Waals surface area (Å²) in [5.74, 6) is -0.306. The van der Waals surface area contributed by atoms with Crippen molar-refractivity contribution >= 4 is 12.1 Å². The first-order valence-corrected chi connectivity index (χ1v) is 5.71. The second-order valence-corrected chi connectivity index (χ2v) is 3.69. The number of carboxylic acid groups (broad SMARTS) is 2. The highest BCUT2D eigenvalue weighted by Gasteiger charge is 2.11. The third-order valence-electron chi connectivity index (χ3n) is 2.42. The quantitative estimate of drug-likeness (QED) is 0.820. The SMILES string of the molecule is COC(=O)c1ccccc1-c1ccccc1.O=C(O)O. The standard InChI is InChI=1S/C14H12O2.CH2O3/c1-16-14(15)13-10-6-5-9-12(13)11-7-3-2-4-8-11;2-1(3)4/h2-10H,1H3;(H2,2,3,4). The molecule has 0 bridgehead atoms. The van der Waals surface area contributed by atoms with E-state index >= 15 is 0 Å². The van der Waals surface area contributed by atoms with Crippen LogP contribution >= 0.6 is 0 Å².